The fraction of sp³-hybridized carbons (Fsp3) is 0.818. The summed E-state index contributed by atoms with van der Waals surface area (Å²) in [4.78, 5) is 13.3. The molecular weight excluding hydrogens is 190 g/mol. The number of amides is 1. The van der Waals surface area contributed by atoms with Gasteiger partial charge in [-0.2, -0.15) is 5.26 Å². The van der Waals surface area contributed by atoms with Crippen LogP contribution in [0.25, 0.3) is 0 Å². The number of carbonyl (C=O) groups is 1. The number of nitrogens with one attached hydrogen (secondary N) is 1. The summed E-state index contributed by atoms with van der Waals surface area (Å²) in [5.74, 6) is 0.607. The summed E-state index contributed by atoms with van der Waals surface area (Å²) in [6.45, 7) is 5.69. The van der Waals surface area contributed by atoms with E-state index in [2.05, 4.69) is 25.4 Å². The largest absolute Gasteiger partial charge is 0.354 e. The Bertz CT molecular complexity index is 257. The Hall–Kier alpha value is -1.24. The van der Waals surface area contributed by atoms with Crippen molar-refractivity contribution in [1.29, 1.82) is 5.26 Å². The summed E-state index contributed by atoms with van der Waals surface area (Å²) >= 11 is 0. The zero-order chi connectivity index (χ0) is 11.3. The molecule has 1 rings (SSSR count). The van der Waals surface area contributed by atoms with Crippen LogP contribution in [0.2, 0.25) is 0 Å². The molecule has 0 saturated carbocycles. The Morgan fingerprint density at radius 1 is 1.67 bits per heavy atom. The van der Waals surface area contributed by atoms with Crippen LogP contribution in [0, 0.1) is 17.4 Å². The molecule has 0 aromatic rings. The summed E-state index contributed by atoms with van der Waals surface area (Å²) in [7, 11) is 0. The third-order valence-electron chi connectivity index (χ3n) is 2.70. The van der Waals surface area contributed by atoms with Crippen LogP contribution in [-0.4, -0.2) is 29.9 Å². The van der Waals surface area contributed by atoms with Crippen molar-refractivity contribution in [1.82, 2.24) is 10.2 Å². The van der Waals surface area contributed by atoms with Crippen LogP contribution in [-0.2, 0) is 4.79 Å². The van der Waals surface area contributed by atoms with Crippen LogP contribution in [0.5, 0.6) is 0 Å². The van der Waals surface area contributed by atoms with Crippen molar-refractivity contribution in [2.45, 2.75) is 39.2 Å². The van der Waals surface area contributed by atoms with E-state index in [-0.39, 0.29) is 11.9 Å². The lowest BCUT2D eigenvalue weighted by Crippen LogP contribution is -2.41. The Labute approximate surface area is 91.2 Å². The minimum atomic E-state index is -0.220. The lowest BCUT2D eigenvalue weighted by Gasteiger charge is -2.17. The number of rotatable bonds is 4. The first kappa shape index (κ1) is 11.8. The van der Waals surface area contributed by atoms with Gasteiger partial charge in [0.2, 0.25) is 5.91 Å². The zero-order valence-electron chi connectivity index (χ0n) is 9.49. The van der Waals surface area contributed by atoms with Crippen LogP contribution in [0.3, 0.4) is 0 Å². The Morgan fingerprint density at radius 2 is 2.40 bits per heavy atom. The molecule has 84 valence electrons. The number of hydrogen-bond donors (Lipinski definition) is 1. The van der Waals surface area contributed by atoms with E-state index in [9.17, 15) is 4.79 Å². The van der Waals surface area contributed by atoms with Crippen molar-refractivity contribution in [2.24, 2.45) is 5.92 Å². The van der Waals surface area contributed by atoms with Gasteiger partial charge in [-0.05, 0) is 25.2 Å². The highest BCUT2D eigenvalue weighted by molar-refractivity contribution is 5.82. The minimum absolute atomic E-state index is 0.00898. The van der Waals surface area contributed by atoms with Crippen LogP contribution in [0.4, 0.5) is 0 Å². The van der Waals surface area contributed by atoms with Crippen molar-refractivity contribution in [3.8, 4) is 6.19 Å². The third kappa shape index (κ3) is 3.43. The molecule has 1 heterocycles. The molecule has 0 aliphatic carbocycles. The van der Waals surface area contributed by atoms with Gasteiger partial charge in [-0.25, -0.2) is 0 Å². The maximum absolute atomic E-state index is 11.7. The highest BCUT2D eigenvalue weighted by atomic mass is 16.2. The molecule has 1 saturated heterocycles. The fourth-order valence-corrected chi connectivity index (χ4v) is 1.76. The first-order valence-electron chi connectivity index (χ1n) is 5.59. The van der Waals surface area contributed by atoms with E-state index in [4.69, 9.17) is 5.26 Å². The van der Waals surface area contributed by atoms with Crippen molar-refractivity contribution >= 4 is 5.91 Å². The van der Waals surface area contributed by atoms with Gasteiger partial charge in [0, 0.05) is 13.1 Å². The maximum atomic E-state index is 11.7. The molecule has 0 spiro atoms. The second-order valence-electron chi connectivity index (χ2n) is 4.42. The van der Waals surface area contributed by atoms with Gasteiger partial charge in [-0.1, -0.05) is 13.8 Å². The molecule has 15 heavy (non-hydrogen) atoms. The molecule has 0 radical (unpaired) electrons. The predicted octanol–water partition coefficient (Wildman–Crippen LogP) is 1.09. The minimum Gasteiger partial charge on any atom is -0.354 e. The summed E-state index contributed by atoms with van der Waals surface area (Å²) in [6.07, 6.45) is 4.80. The monoisotopic (exact) mass is 209 g/mol. The van der Waals surface area contributed by atoms with Gasteiger partial charge in [-0.15, -0.1) is 0 Å². The van der Waals surface area contributed by atoms with E-state index in [0.717, 1.165) is 25.8 Å². The molecule has 0 aromatic carbocycles. The molecule has 1 amide bonds. The Balaban J connectivity index is 2.31. The number of likely N-dealkylation sites (tertiary alicyclic amines) is 1. The van der Waals surface area contributed by atoms with Crippen molar-refractivity contribution in [3.63, 3.8) is 0 Å². The Morgan fingerprint density at radius 3 is 3.00 bits per heavy atom. The van der Waals surface area contributed by atoms with E-state index in [0.29, 0.717) is 12.5 Å². The molecule has 4 heteroatoms. The molecule has 1 N–H and O–H groups in total. The van der Waals surface area contributed by atoms with Crippen LogP contribution >= 0.6 is 0 Å². The van der Waals surface area contributed by atoms with E-state index in [1.807, 2.05) is 0 Å². The number of hydrogen-bond acceptors (Lipinski definition) is 3. The molecule has 4 nitrogen and oxygen atoms in total. The maximum Gasteiger partial charge on any atom is 0.243 e. The third-order valence-corrected chi connectivity index (χ3v) is 2.70. The van der Waals surface area contributed by atoms with Gasteiger partial charge in [0.05, 0.1) is 0 Å². The van der Waals surface area contributed by atoms with Crippen LogP contribution in [0.1, 0.15) is 33.1 Å². The van der Waals surface area contributed by atoms with E-state index in [1.165, 1.54) is 0 Å². The average Bonchev–Trinajstić information content (AvgIpc) is 2.64. The van der Waals surface area contributed by atoms with Gasteiger partial charge in [0.15, 0.2) is 6.19 Å². The summed E-state index contributed by atoms with van der Waals surface area (Å²) < 4.78 is 0. The van der Waals surface area contributed by atoms with E-state index < -0.39 is 0 Å². The van der Waals surface area contributed by atoms with E-state index >= 15 is 0 Å². The first-order chi connectivity index (χ1) is 7.15. The summed E-state index contributed by atoms with van der Waals surface area (Å²) in [5, 5.41) is 11.7. The van der Waals surface area contributed by atoms with Gasteiger partial charge >= 0.3 is 0 Å². The molecule has 1 atom stereocenters. The summed E-state index contributed by atoms with van der Waals surface area (Å²) in [6, 6.07) is -0.220. The Kier molecular flexibility index (Phi) is 4.41. The quantitative estimate of drug-likeness (QED) is 0.705. The number of carbonyl (C=O) groups excluding carboxylic acids is 1. The number of nitriles is 1. The van der Waals surface area contributed by atoms with Crippen LogP contribution < -0.4 is 5.32 Å². The summed E-state index contributed by atoms with van der Waals surface area (Å²) in [5.41, 5.74) is 0. The average molecular weight is 209 g/mol. The smallest absolute Gasteiger partial charge is 0.243 e. The topological polar surface area (TPSA) is 56.1 Å². The molecule has 0 bridgehead atoms. The SMILES string of the molecule is CC(C)CCNC(=O)C1CCCN1C#N. The predicted molar refractivity (Wildman–Crippen MR) is 57.8 cm³/mol. The van der Waals surface area contributed by atoms with Gasteiger partial charge in [0.25, 0.3) is 0 Å². The normalized spacial score (nSPS) is 20.4. The van der Waals surface area contributed by atoms with Crippen molar-refractivity contribution < 1.29 is 4.79 Å². The van der Waals surface area contributed by atoms with Crippen molar-refractivity contribution in [3.05, 3.63) is 0 Å². The lowest BCUT2D eigenvalue weighted by molar-refractivity contribution is -0.124. The van der Waals surface area contributed by atoms with Gasteiger partial charge in [0.1, 0.15) is 6.04 Å². The standard InChI is InChI=1S/C11H19N3O/c1-9(2)5-6-13-11(15)10-4-3-7-14(10)8-12/h9-10H,3-7H2,1-2H3,(H,13,15). The number of nitrogens with zero attached hydrogens (tertiary/aromatic N) is 2. The highest BCUT2D eigenvalue weighted by Crippen LogP contribution is 2.15. The second kappa shape index (κ2) is 5.59. The van der Waals surface area contributed by atoms with Crippen LogP contribution in [0.15, 0.2) is 0 Å². The first-order valence-corrected chi connectivity index (χ1v) is 5.59. The lowest BCUT2D eigenvalue weighted by atomic mass is 10.1. The molecule has 1 aliphatic heterocycles. The highest BCUT2D eigenvalue weighted by Gasteiger charge is 2.29. The fourth-order valence-electron chi connectivity index (χ4n) is 1.76. The van der Waals surface area contributed by atoms with E-state index in [1.54, 1.807) is 4.90 Å². The molecule has 1 aliphatic rings. The molecule has 1 unspecified atom stereocenters. The zero-order valence-corrected chi connectivity index (χ0v) is 9.49. The molecule has 1 fully saturated rings. The molecule has 0 aromatic heterocycles. The molecular formula is C11H19N3O. The second-order valence-corrected chi connectivity index (χ2v) is 4.42. The van der Waals surface area contributed by atoms with Crippen molar-refractivity contribution in [2.75, 3.05) is 13.1 Å². The van der Waals surface area contributed by atoms with Gasteiger partial charge in [-0.3, -0.25) is 9.69 Å². The van der Waals surface area contributed by atoms with Gasteiger partial charge < -0.3 is 5.32 Å².